The van der Waals surface area contributed by atoms with Gasteiger partial charge in [-0.25, -0.2) is 9.78 Å². The molecule has 1 fully saturated rings. The Bertz CT molecular complexity index is 1690. The maximum absolute atomic E-state index is 12.4. The zero-order chi connectivity index (χ0) is 32.3. The van der Waals surface area contributed by atoms with E-state index in [2.05, 4.69) is 24.5 Å². The van der Waals surface area contributed by atoms with Crippen LogP contribution in [0.4, 0.5) is 24.9 Å². The molecular formula is C32H32F3N5O6. The minimum absolute atomic E-state index is 0.103. The van der Waals surface area contributed by atoms with E-state index >= 15 is 0 Å². The number of piperazine rings is 1. The van der Waals surface area contributed by atoms with Crippen molar-refractivity contribution in [3.8, 4) is 22.8 Å². The van der Waals surface area contributed by atoms with E-state index < -0.39 is 12.3 Å². The van der Waals surface area contributed by atoms with Crippen LogP contribution in [0.25, 0.3) is 11.3 Å². The second kappa shape index (κ2) is 13.3. The number of carbonyl (C=O) groups is 1. The van der Waals surface area contributed by atoms with Crippen molar-refractivity contribution in [2.24, 2.45) is 0 Å². The topological polar surface area (TPSA) is 136 Å². The maximum atomic E-state index is 12.4. The summed E-state index contributed by atoms with van der Waals surface area (Å²) in [4.78, 5) is 24.8. The predicted molar refractivity (Wildman–Crippen MR) is 161 cm³/mol. The number of anilines is 2. The number of aryl methyl sites for hydroxylation is 1. The summed E-state index contributed by atoms with van der Waals surface area (Å²) in [6.45, 7) is 4.81. The highest BCUT2D eigenvalue weighted by molar-refractivity contribution is 5.84. The highest BCUT2D eigenvalue weighted by Crippen LogP contribution is 2.38. The Morgan fingerprint density at radius 3 is 2.43 bits per heavy atom. The molecule has 3 N–H and O–H groups in total. The van der Waals surface area contributed by atoms with Crippen molar-refractivity contribution in [3.63, 3.8) is 0 Å². The number of alkyl halides is 3. The first kappa shape index (κ1) is 31.2. The van der Waals surface area contributed by atoms with Crippen LogP contribution in [0.1, 0.15) is 33.0 Å². The molecule has 0 radical (unpaired) electrons. The summed E-state index contributed by atoms with van der Waals surface area (Å²) < 4.78 is 58.0. The average Bonchev–Trinajstić information content (AvgIpc) is 3.51. The minimum atomic E-state index is -4.73. The lowest BCUT2D eigenvalue weighted by molar-refractivity contribution is -0.274. The molecule has 242 valence electrons. The quantitative estimate of drug-likeness (QED) is 0.216. The number of nitrogens with zero attached hydrogens (tertiary/aromatic N) is 4. The summed E-state index contributed by atoms with van der Waals surface area (Å²) in [5.41, 5.74) is 10.8. The van der Waals surface area contributed by atoms with Gasteiger partial charge in [0, 0.05) is 43.9 Å². The molecule has 1 aliphatic carbocycles. The highest BCUT2D eigenvalue weighted by Gasteiger charge is 2.31. The summed E-state index contributed by atoms with van der Waals surface area (Å²) in [5.74, 6) is 0.700. The summed E-state index contributed by atoms with van der Waals surface area (Å²) in [5, 5.41) is 8.97. The molecule has 0 unspecified atom stereocenters. The van der Waals surface area contributed by atoms with Crippen LogP contribution in [0, 0.1) is 0 Å². The van der Waals surface area contributed by atoms with E-state index in [4.69, 9.17) is 24.7 Å². The molecule has 2 aromatic carbocycles. The van der Waals surface area contributed by atoms with Crippen molar-refractivity contribution in [1.29, 1.82) is 0 Å². The van der Waals surface area contributed by atoms with Gasteiger partial charge < -0.3 is 34.4 Å². The largest absolute Gasteiger partial charge is 0.573 e. The molecule has 1 aliphatic heterocycles. The number of carboxylic acids is 1. The van der Waals surface area contributed by atoms with E-state index in [-0.39, 0.29) is 30.7 Å². The first-order valence-corrected chi connectivity index (χ1v) is 14.8. The second-order valence-corrected chi connectivity index (χ2v) is 11.0. The summed E-state index contributed by atoms with van der Waals surface area (Å²) in [6, 6.07) is 14.4. The normalized spacial score (nSPS) is 14.9. The number of fused-ring (bicyclic) bond motifs is 3. The lowest BCUT2D eigenvalue weighted by Gasteiger charge is -2.37. The van der Waals surface area contributed by atoms with Gasteiger partial charge in [-0.05, 0) is 66.4 Å². The van der Waals surface area contributed by atoms with E-state index in [0.717, 1.165) is 73.8 Å². The number of nitrogens with two attached hydrogens (primary N) is 1. The molecule has 14 heteroatoms. The van der Waals surface area contributed by atoms with E-state index in [1.165, 1.54) is 30.3 Å². The van der Waals surface area contributed by atoms with Gasteiger partial charge in [0.15, 0.2) is 0 Å². The third kappa shape index (κ3) is 7.51. The minimum Gasteiger partial charge on any atom is -0.489 e. The van der Waals surface area contributed by atoms with Crippen LogP contribution in [0.5, 0.6) is 11.5 Å². The zero-order valence-electron chi connectivity index (χ0n) is 24.8. The van der Waals surface area contributed by atoms with Gasteiger partial charge in [0.25, 0.3) is 0 Å². The Morgan fingerprint density at radius 2 is 1.72 bits per heavy atom. The fourth-order valence-electron chi connectivity index (χ4n) is 5.64. The molecule has 3 heterocycles. The first-order chi connectivity index (χ1) is 22.1. The predicted octanol–water partition coefficient (Wildman–Crippen LogP) is 4.93. The Labute approximate surface area is 262 Å². The van der Waals surface area contributed by atoms with Crippen LogP contribution >= 0.6 is 0 Å². The lowest BCUT2D eigenvalue weighted by Crippen LogP contribution is -2.48. The maximum Gasteiger partial charge on any atom is 0.573 e. The average molecular weight is 640 g/mol. The third-order valence-corrected chi connectivity index (χ3v) is 7.88. The van der Waals surface area contributed by atoms with Gasteiger partial charge in [0.2, 0.25) is 11.7 Å². The number of hydrogen-bond acceptors (Lipinski definition) is 10. The van der Waals surface area contributed by atoms with Gasteiger partial charge >= 0.3 is 12.3 Å². The number of nitrogen functional groups attached to an aromatic ring is 1. The molecular weight excluding hydrogens is 607 g/mol. The van der Waals surface area contributed by atoms with Crippen molar-refractivity contribution >= 4 is 17.7 Å². The Kier molecular flexibility index (Phi) is 8.99. The highest BCUT2D eigenvalue weighted by atomic mass is 19.4. The smallest absolute Gasteiger partial charge is 0.489 e. The van der Waals surface area contributed by atoms with Crippen molar-refractivity contribution in [3.05, 3.63) is 82.8 Å². The van der Waals surface area contributed by atoms with Gasteiger partial charge in [0.05, 0.1) is 12.3 Å². The van der Waals surface area contributed by atoms with Crippen LogP contribution in [0.15, 0.2) is 59.0 Å². The number of aromatic nitrogens is 2. The van der Waals surface area contributed by atoms with Crippen molar-refractivity contribution in [2.45, 2.75) is 32.4 Å². The molecule has 46 heavy (non-hydrogen) atoms. The zero-order valence-corrected chi connectivity index (χ0v) is 24.8. The van der Waals surface area contributed by atoms with Crippen molar-refractivity contribution in [2.75, 3.05) is 50.0 Å². The molecule has 2 aliphatic rings. The monoisotopic (exact) mass is 639 g/mol. The van der Waals surface area contributed by atoms with E-state index in [1.807, 2.05) is 18.2 Å². The first-order valence-electron chi connectivity index (χ1n) is 14.8. The van der Waals surface area contributed by atoms with Crippen molar-refractivity contribution < 1.29 is 41.7 Å². The fraction of sp³-hybridized carbons (Fsp3) is 0.344. The van der Waals surface area contributed by atoms with Crippen LogP contribution in [-0.4, -0.2) is 71.6 Å². The molecule has 2 aromatic heterocycles. The molecule has 0 spiro atoms. The van der Waals surface area contributed by atoms with E-state index in [9.17, 15) is 18.0 Å². The summed E-state index contributed by atoms with van der Waals surface area (Å²) in [7, 11) is 0. The second-order valence-electron chi connectivity index (χ2n) is 11.0. The Morgan fingerprint density at radius 1 is 0.957 bits per heavy atom. The molecule has 0 amide bonds. The van der Waals surface area contributed by atoms with Crippen LogP contribution < -0.4 is 20.1 Å². The Balaban J connectivity index is 1.04. The molecule has 0 bridgehead atoms. The number of furan rings is 1. The number of ether oxygens (including phenoxy) is 3. The lowest BCUT2D eigenvalue weighted by atomic mass is 9.88. The number of benzene rings is 2. The van der Waals surface area contributed by atoms with Gasteiger partial charge in [-0.2, -0.15) is 4.98 Å². The standard InChI is InChI=1S/C32H32F3N5O6/c33-32(34,35)46-22-4-1-20(2-5-22)18-44-23-6-9-25-21(17-23)3-8-26-28(25)37-31(36)38-29(26)40-13-11-39(12-14-40)15-16-43-19-24-7-10-27(45-24)30(41)42/h1-2,4-7,9-10,17H,3,8,11-16,18-19H2,(H,41,42)(H2,36,37,38). The number of rotatable bonds is 11. The van der Waals surface area contributed by atoms with Crippen molar-refractivity contribution in [1.82, 2.24) is 14.9 Å². The van der Waals surface area contributed by atoms with Gasteiger partial charge in [0.1, 0.15) is 36.3 Å². The molecule has 6 rings (SSSR count). The number of carboxylic acid groups (broad SMARTS) is 1. The number of hydrogen-bond donors (Lipinski definition) is 2. The molecule has 11 nitrogen and oxygen atoms in total. The third-order valence-electron chi connectivity index (χ3n) is 7.88. The molecule has 0 saturated carbocycles. The SMILES string of the molecule is Nc1nc2c(c(N3CCN(CCOCc4ccc(C(=O)O)o4)CC3)n1)CCc1cc(OCc3ccc(OC(F)(F)F)cc3)ccc1-2. The number of halogens is 3. The summed E-state index contributed by atoms with van der Waals surface area (Å²) >= 11 is 0. The van der Waals surface area contributed by atoms with Crippen LogP contribution in [-0.2, 0) is 30.8 Å². The summed E-state index contributed by atoms with van der Waals surface area (Å²) in [6.07, 6.45) is -3.22. The van der Waals surface area contributed by atoms with E-state index in [1.54, 1.807) is 6.07 Å². The van der Waals surface area contributed by atoms with Gasteiger partial charge in [-0.15, -0.1) is 13.2 Å². The molecule has 0 atom stereocenters. The van der Waals surface area contributed by atoms with Gasteiger partial charge in [-0.1, -0.05) is 12.1 Å². The Hall–Kier alpha value is -4.82. The van der Waals surface area contributed by atoms with Crippen LogP contribution in [0.2, 0.25) is 0 Å². The van der Waals surface area contributed by atoms with E-state index in [0.29, 0.717) is 23.7 Å². The number of aromatic carboxylic acids is 1. The molecule has 1 saturated heterocycles. The van der Waals surface area contributed by atoms with Gasteiger partial charge in [-0.3, -0.25) is 4.90 Å². The fourth-order valence-corrected chi connectivity index (χ4v) is 5.64. The van der Waals surface area contributed by atoms with Crippen LogP contribution in [0.3, 0.4) is 0 Å². The molecule has 4 aromatic rings.